The first-order valence-electron chi connectivity index (χ1n) is 7.65. The van der Waals surface area contributed by atoms with Crippen LogP contribution in [0.1, 0.15) is 51.8 Å². The third-order valence-electron chi connectivity index (χ3n) is 3.53. The van der Waals surface area contributed by atoms with Gasteiger partial charge in [-0.05, 0) is 18.6 Å². The summed E-state index contributed by atoms with van der Waals surface area (Å²) >= 11 is 5.85. The van der Waals surface area contributed by atoms with E-state index in [0.29, 0.717) is 16.6 Å². The number of unbranched alkanes of at least 4 members (excludes halogenated alkanes) is 3. The molecule has 1 atom stereocenters. The Bertz CT molecular complexity index is 629. The molecule has 120 valence electrons. The van der Waals surface area contributed by atoms with Crippen LogP contribution in [-0.4, -0.2) is 25.8 Å². The molecule has 0 bridgehead atoms. The lowest BCUT2D eigenvalue weighted by molar-refractivity contribution is -0.149. The molecular weight excluding hydrogens is 304 g/mol. The first-order valence-corrected chi connectivity index (χ1v) is 8.03. The third-order valence-corrected chi connectivity index (χ3v) is 3.73. The zero-order chi connectivity index (χ0) is 15.9. The summed E-state index contributed by atoms with van der Waals surface area (Å²) in [4.78, 5) is 12.0. The molecule has 6 nitrogen and oxygen atoms in total. The number of carbonyl (C=O) groups is 1. The van der Waals surface area contributed by atoms with Crippen LogP contribution in [0.5, 0.6) is 0 Å². The minimum Gasteiger partial charge on any atom is -0.457 e. The predicted octanol–water partition coefficient (Wildman–Crippen LogP) is 3.43. The standard InChI is InChI=1S/C15H21ClN4O2/c1-3-4-5-6-7-11(2)15(21)22-10-14-18-17-13-9-8-12(16)19-20(13)14/h8-9,11H,3-7,10H2,1-2H3/t11-/m1/s1. The molecule has 0 aromatic carbocycles. The number of hydrogen-bond donors (Lipinski definition) is 0. The molecule has 0 N–H and O–H groups in total. The molecule has 0 aliphatic heterocycles. The molecule has 0 saturated carbocycles. The van der Waals surface area contributed by atoms with E-state index in [2.05, 4.69) is 22.2 Å². The number of carbonyl (C=O) groups excluding carboxylic acids is 1. The molecule has 0 radical (unpaired) electrons. The van der Waals surface area contributed by atoms with E-state index in [1.165, 1.54) is 17.4 Å². The Morgan fingerprint density at radius 1 is 1.32 bits per heavy atom. The molecule has 0 aliphatic carbocycles. The molecule has 0 fully saturated rings. The highest BCUT2D eigenvalue weighted by Crippen LogP contribution is 2.13. The summed E-state index contributed by atoms with van der Waals surface area (Å²) in [7, 11) is 0. The SMILES string of the molecule is CCCCCC[C@@H](C)C(=O)OCc1nnc2ccc(Cl)nn12. The van der Waals surface area contributed by atoms with Crippen molar-refractivity contribution in [3.63, 3.8) is 0 Å². The van der Waals surface area contributed by atoms with Crippen LogP contribution in [0.3, 0.4) is 0 Å². The molecule has 7 heteroatoms. The van der Waals surface area contributed by atoms with Gasteiger partial charge in [0.15, 0.2) is 18.1 Å². The molecule has 0 spiro atoms. The molecule has 2 rings (SSSR count). The molecule has 2 aromatic rings. The Morgan fingerprint density at radius 3 is 2.91 bits per heavy atom. The van der Waals surface area contributed by atoms with E-state index in [9.17, 15) is 4.79 Å². The van der Waals surface area contributed by atoms with Crippen LogP contribution in [0.15, 0.2) is 12.1 Å². The van der Waals surface area contributed by atoms with E-state index >= 15 is 0 Å². The fourth-order valence-electron chi connectivity index (χ4n) is 2.17. The highest BCUT2D eigenvalue weighted by Gasteiger charge is 2.16. The van der Waals surface area contributed by atoms with Crippen LogP contribution in [0.2, 0.25) is 5.15 Å². The van der Waals surface area contributed by atoms with Gasteiger partial charge in [-0.25, -0.2) is 0 Å². The lowest BCUT2D eigenvalue weighted by Gasteiger charge is -2.10. The van der Waals surface area contributed by atoms with Gasteiger partial charge >= 0.3 is 5.97 Å². The Hall–Kier alpha value is -1.69. The maximum atomic E-state index is 12.0. The van der Waals surface area contributed by atoms with Crippen molar-refractivity contribution in [3.05, 3.63) is 23.1 Å². The van der Waals surface area contributed by atoms with E-state index in [0.717, 1.165) is 19.3 Å². The van der Waals surface area contributed by atoms with E-state index in [-0.39, 0.29) is 18.5 Å². The number of nitrogens with zero attached hydrogens (tertiary/aromatic N) is 4. The van der Waals surface area contributed by atoms with Gasteiger partial charge in [-0.15, -0.1) is 10.2 Å². The summed E-state index contributed by atoms with van der Waals surface area (Å²) in [6.45, 7) is 4.11. The van der Waals surface area contributed by atoms with E-state index < -0.39 is 0 Å². The summed E-state index contributed by atoms with van der Waals surface area (Å²) in [5, 5.41) is 12.4. The van der Waals surface area contributed by atoms with Gasteiger partial charge in [0.1, 0.15) is 5.15 Å². The minimum absolute atomic E-state index is 0.0483. The van der Waals surface area contributed by atoms with Gasteiger partial charge in [0.05, 0.1) is 5.92 Å². The summed E-state index contributed by atoms with van der Waals surface area (Å²) in [5.41, 5.74) is 0.572. The van der Waals surface area contributed by atoms with Crippen LogP contribution in [0.25, 0.3) is 5.65 Å². The zero-order valence-corrected chi connectivity index (χ0v) is 13.7. The second-order valence-corrected chi connectivity index (χ2v) is 5.79. The Balaban J connectivity index is 1.85. The minimum atomic E-state index is -0.213. The quantitative estimate of drug-likeness (QED) is 0.549. The average molecular weight is 325 g/mol. The normalized spacial score (nSPS) is 12.5. The van der Waals surface area contributed by atoms with Crippen molar-refractivity contribution in [3.8, 4) is 0 Å². The number of esters is 1. The number of rotatable bonds is 8. The van der Waals surface area contributed by atoms with Crippen LogP contribution in [-0.2, 0) is 16.1 Å². The van der Waals surface area contributed by atoms with Crippen molar-refractivity contribution in [2.75, 3.05) is 0 Å². The summed E-state index contributed by atoms with van der Waals surface area (Å²) in [6, 6.07) is 3.35. The van der Waals surface area contributed by atoms with Gasteiger partial charge in [-0.2, -0.15) is 9.61 Å². The molecule has 0 unspecified atom stereocenters. The highest BCUT2D eigenvalue weighted by atomic mass is 35.5. The van der Waals surface area contributed by atoms with Gasteiger partial charge in [0.25, 0.3) is 0 Å². The van der Waals surface area contributed by atoms with Crippen molar-refractivity contribution < 1.29 is 9.53 Å². The van der Waals surface area contributed by atoms with Crippen molar-refractivity contribution in [2.24, 2.45) is 5.92 Å². The van der Waals surface area contributed by atoms with Crippen LogP contribution in [0.4, 0.5) is 0 Å². The smallest absolute Gasteiger partial charge is 0.309 e. The fourth-order valence-corrected chi connectivity index (χ4v) is 2.31. The predicted molar refractivity (Wildman–Crippen MR) is 83.5 cm³/mol. The van der Waals surface area contributed by atoms with Crippen molar-refractivity contribution in [1.29, 1.82) is 0 Å². The number of ether oxygens (including phenoxy) is 1. The topological polar surface area (TPSA) is 69.4 Å². The maximum absolute atomic E-state index is 12.0. The average Bonchev–Trinajstić information content (AvgIpc) is 2.91. The molecule has 0 aliphatic rings. The second-order valence-electron chi connectivity index (χ2n) is 5.40. The zero-order valence-electron chi connectivity index (χ0n) is 13.0. The monoisotopic (exact) mass is 324 g/mol. The molecular formula is C15H21ClN4O2. The summed E-state index contributed by atoms with van der Waals surface area (Å²) in [5.74, 6) is 0.145. The first-order chi connectivity index (χ1) is 10.6. The Labute approximate surface area is 134 Å². The number of fused-ring (bicyclic) bond motifs is 1. The molecule has 2 aromatic heterocycles. The summed E-state index contributed by atoms with van der Waals surface area (Å²) < 4.78 is 6.80. The van der Waals surface area contributed by atoms with E-state index in [1.807, 2.05) is 6.92 Å². The first kappa shape index (κ1) is 16.7. The van der Waals surface area contributed by atoms with Gasteiger partial charge in [-0.1, -0.05) is 51.1 Å². The molecule has 0 amide bonds. The van der Waals surface area contributed by atoms with Gasteiger partial charge in [0, 0.05) is 0 Å². The third kappa shape index (κ3) is 4.40. The molecule has 22 heavy (non-hydrogen) atoms. The van der Waals surface area contributed by atoms with E-state index in [4.69, 9.17) is 16.3 Å². The largest absolute Gasteiger partial charge is 0.457 e. The number of hydrogen-bond acceptors (Lipinski definition) is 5. The maximum Gasteiger partial charge on any atom is 0.309 e. The molecule has 2 heterocycles. The van der Waals surface area contributed by atoms with Crippen molar-refractivity contribution in [2.45, 2.75) is 52.6 Å². The number of halogens is 1. The summed E-state index contributed by atoms with van der Waals surface area (Å²) in [6.07, 6.45) is 5.46. The highest BCUT2D eigenvalue weighted by molar-refractivity contribution is 6.29. The Morgan fingerprint density at radius 2 is 2.14 bits per heavy atom. The van der Waals surface area contributed by atoms with Crippen molar-refractivity contribution >= 4 is 23.2 Å². The van der Waals surface area contributed by atoms with Crippen LogP contribution >= 0.6 is 11.6 Å². The van der Waals surface area contributed by atoms with Crippen LogP contribution in [0, 0.1) is 5.92 Å². The Kier molecular flexibility index (Phi) is 6.12. The lowest BCUT2D eigenvalue weighted by atomic mass is 10.0. The molecule has 0 saturated heterocycles. The fraction of sp³-hybridized carbons (Fsp3) is 0.600. The van der Waals surface area contributed by atoms with Gasteiger partial charge in [-0.3, -0.25) is 4.79 Å². The van der Waals surface area contributed by atoms with Gasteiger partial charge in [0.2, 0.25) is 0 Å². The van der Waals surface area contributed by atoms with Crippen LogP contribution < -0.4 is 0 Å². The van der Waals surface area contributed by atoms with E-state index in [1.54, 1.807) is 12.1 Å². The second kappa shape index (κ2) is 8.08. The van der Waals surface area contributed by atoms with Crippen molar-refractivity contribution in [1.82, 2.24) is 19.8 Å². The number of aromatic nitrogens is 4. The lowest BCUT2D eigenvalue weighted by Crippen LogP contribution is -2.16. The van der Waals surface area contributed by atoms with Gasteiger partial charge < -0.3 is 4.74 Å².